The zero-order chi connectivity index (χ0) is 21.9. The molecular formula is C23H22F3NO3. The number of aliphatic hydroxyl groups is 1. The Kier molecular flexibility index (Phi) is 6.31. The summed E-state index contributed by atoms with van der Waals surface area (Å²) in [4.78, 5) is 4.29. The SMILES string of the molecule is C/C(CO)=C(/C)c1cc(C)cc(OCc2coc(-c3ccc(C(F)(F)F)cc3)n2)c1. The van der Waals surface area contributed by atoms with Crippen LogP contribution in [0.3, 0.4) is 0 Å². The molecule has 0 amide bonds. The topological polar surface area (TPSA) is 55.5 Å². The third kappa shape index (κ3) is 5.10. The Labute approximate surface area is 172 Å². The zero-order valence-corrected chi connectivity index (χ0v) is 16.9. The molecule has 0 unspecified atom stereocenters. The van der Waals surface area contributed by atoms with Crippen LogP contribution in [0.25, 0.3) is 17.0 Å². The highest BCUT2D eigenvalue weighted by Gasteiger charge is 2.30. The molecule has 0 spiro atoms. The number of oxazole rings is 1. The van der Waals surface area contributed by atoms with Gasteiger partial charge in [0, 0.05) is 5.56 Å². The predicted molar refractivity (Wildman–Crippen MR) is 108 cm³/mol. The third-order valence-corrected chi connectivity index (χ3v) is 4.76. The molecule has 0 bridgehead atoms. The molecule has 3 aromatic rings. The molecule has 0 fully saturated rings. The molecule has 0 saturated carbocycles. The largest absolute Gasteiger partial charge is 0.487 e. The number of ether oxygens (including phenoxy) is 1. The number of alkyl halides is 3. The summed E-state index contributed by atoms with van der Waals surface area (Å²) in [5.41, 5.74) is 4.08. The minimum atomic E-state index is -4.38. The van der Waals surface area contributed by atoms with Crippen LogP contribution >= 0.6 is 0 Å². The first kappa shape index (κ1) is 21.6. The van der Waals surface area contributed by atoms with Gasteiger partial charge >= 0.3 is 6.18 Å². The van der Waals surface area contributed by atoms with E-state index in [1.54, 1.807) is 0 Å². The number of aliphatic hydroxyl groups excluding tert-OH is 1. The van der Waals surface area contributed by atoms with Gasteiger partial charge in [-0.3, -0.25) is 0 Å². The van der Waals surface area contributed by atoms with E-state index in [1.165, 1.54) is 18.4 Å². The smallest absolute Gasteiger partial charge is 0.416 e. The summed E-state index contributed by atoms with van der Waals surface area (Å²) in [5, 5.41) is 9.34. The molecule has 0 aliphatic carbocycles. The summed E-state index contributed by atoms with van der Waals surface area (Å²) in [6.45, 7) is 5.90. The molecule has 0 saturated heterocycles. The number of halogens is 3. The number of nitrogens with zero attached hydrogens (tertiary/aromatic N) is 1. The second kappa shape index (κ2) is 8.75. The summed E-state index contributed by atoms with van der Waals surface area (Å²) >= 11 is 0. The molecule has 158 valence electrons. The average Bonchev–Trinajstić information content (AvgIpc) is 3.19. The Morgan fingerprint density at radius 1 is 1.10 bits per heavy atom. The van der Waals surface area contributed by atoms with Crippen LogP contribution < -0.4 is 4.74 Å². The van der Waals surface area contributed by atoms with Crippen molar-refractivity contribution < 1.29 is 27.4 Å². The molecule has 3 rings (SSSR count). The monoisotopic (exact) mass is 417 g/mol. The molecule has 1 aromatic heterocycles. The van der Waals surface area contributed by atoms with E-state index in [0.717, 1.165) is 34.4 Å². The summed E-state index contributed by atoms with van der Waals surface area (Å²) < 4.78 is 49.3. The van der Waals surface area contributed by atoms with Crippen LogP contribution in [0.5, 0.6) is 5.75 Å². The second-order valence-corrected chi connectivity index (χ2v) is 7.11. The fourth-order valence-electron chi connectivity index (χ4n) is 2.88. The lowest BCUT2D eigenvalue weighted by Crippen LogP contribution is -2.04. The van der Waals surface area contributed by atoms with Gasteiger partial charge in [0.1, 0.15) is 24.3 Å². The highest BCUT2D eigenvalue weighted by atomic mass is 19.4. The Morgan fingerprint density at radius 2 is 1.80 bits per heavy atom. The van der Waals surface area contributed by atoms with Gasteiger partial charge in [0.2, 0.25) is 5.89 Å². The van der Waals surface area contributed by atoms with Crippen molar-refractivity contribution in [3.05, 3.63) is 76.7 Å². The van der Waals surface area contributed by atoms with Gasteiger partial charge in [0.15, 0.2) is 0 Å². The summed E-state index contributed by atoms with van der Waals surface area (Å²) in [7, 11) is 0. The van der Waals surface area contributed by atoms with Gasteiger partial charge in [-0.15, -0.1) is 0 Å². The molecule has 1 heterocycles. The number of allylic oxidation sites excluding steroid dienone is 1. The molecule has 0 aliphatic rings. The number of aryl methyl sites for hydroxylation is 1. The summed E-state index contributed by atoms with van der Waals surface area (Å²) in [5.74, 6) is 0.874. The molecule has 0 radical (unpaired) electrons. The Bertz CT molecular complexity index is 1050. The van der Waals surface area contributed by atoms with E-state index >= 15 is 0 Å². The van der Waals surface area contributed by atoms with E-state index in [1.807, 2.05) is 39.0 Å². The van der Waals surface area contributed by atoms with Crippen molar-refractivity contribution in [1.29, 1.82) is 0 Å². The minimum absolute atomic E-state index is 0.0123. The van der Waals surface area contributed by atoms with Crippen LogP contribution in [-0.2, 0) is 12.8 Å². The highest BCUT2D eigenvalue weighted by molar-refractivity contribution is 5.68. The molecule has 1 N–H and O–H groups in total. The first-order valence-electron chi connectivity index (χ1n) is 9.31. The molecule has 7 heteroatoms. The first-order valence-corrected chi connectivity index (χ1v) is 9.31. The summed E-state index contributed by atoms with van der Waals surface area (Å²) in [6.07, 6.45) is -2.96. The van der Waals surface area contributed by atoms with Gasteiger partial charge in [-0.1, -0.05) is 6.07 Å². The molecule has 0 aliphatic heterocycles. The van der Waals surface area contributed by atoms with Crippen LogP contribution in [0.15, 0.2) is 58.7 Å². The Morgan fingerprint density at radius 3 is 2.43 bits per heavy atom. The average molecular weight is 417 g/mol. The van der Waals surface area contributed by atoms with E-state index in [9.17, 15) is 18.3 Å². The molecule has 2 aromatic carbocycles. The molecule has 4 nitrogen and oxygen atoms in total. The van der Waals surface area contributed by atoms with Crippen molar-refractivity contribution in [2.24, 2.45) is 0 Å². The van der Waals surface area contributed by atoms with Gasteiger partial charge in [0.25, 0.3) is 0 Å². The fourth-order valence-corrected chi connectivity index (χ4v) is 2.88. The maximum absolute atomic E-state index is 12.7. The maximum Gasteiger partial charge on any atom is 0.416 e. The normalized spacial score (nSPS) is 12.6. The quantitative estimate of drug-likeness (QED) is 0.532. The van der Waals surface area contributed by atoms with Gasteiger partial charge in [-0.05, 0) is 79.4 Å². The lowest BCUT2D eigenvalue weighted by molar-refractivity contribution is -0.137. The van der Waals surface area contributed by atoms with E-state index in [0.29, 0.717) is 17.0 Å². The van der Waals surface area contributed by atoms with Crippen LogP contribution in [0.1, 0.15) is 36.2 Å². The van der Waals surface area contributed by atoms with Crippen LogP contribution in [0, 0.1) is 6.92 Å². The number of rotatable bonds is 6. The van der Waals surface area contributed by atoms with Crippen molar-refractivity contribution in [3.63, 3.8) is 0 Å². The number of aromatic nitrogens is 1. The predicted octanol–water partition coefficient (Wildman–Crippen LogP) is 6.03. The third-order valence-electron chi connectivity index (χ3n) is 4.76. The molecule has 0 atom stereocenters. The highest BCUT2D eigenvalue weighted by Crippen LogP contribution is 2.31. The Balaban J connectivity index is 1.72. The lowest BCUT2D eigenvalue weighted by Gasteiger charge is -2.11. The number of hydrogen-bond donors (Lipinski definition) is 1. The molecule has 30 heavy (non-hydrogen) atoms. The van der Waals surface area contributed by atoms with Crippen molar-refractivity contribution in [1.82, 2.24) is 4.98 Å². The van der Waals surface area contributed by atoms with Crippen molar-refractivity contribution in [3.8, 4) is 17.2 Å². The van der Waals surface area contributed by atoms with Crippen LogP contribution in [0.4, 0.5) is 13.2 Å². The van der Waals surface area contributed by atoms with E-state index in [2.05, 4.69) is 4.98 Å². The first-order chi connectivity index (χ1) is 14.2. The fraction of sp³-hybridized carbons (Fsp3) is 0.261. The zero-order valence-electron chi connectivity index (χ0n) is 16.9. The minimum Gasteiger partial charge on any atom is -0.487 e. The lowest BCUT2D eigenvalue weighted by atomic mass is 10.0. The van der Waals surface area contributed by atoms with Crippen LogP contribution in [0.2, 0.25) is 0 Å². The van der Waals surface area contributed by atoms with Crippen molar-refractivity contribution in [2.75, 3.05) is 6.61 Å². The van der Waals surface area contributed by atoms with Crippen molar-refractivity contribution in [2.45, 2.75) is 33.6 Å². The standard InChI is InChI=1S/C23H22F3NO3/c1-14-8-18(16(3)15(2)11-28)10-21(9-14)29-12-20-13-30-22(27-20)17-4-6-19(7-5-17)23(24,25)26/h4-10,13,28H,11-12H2,1-3H3/b16-15+. The molecular weight excluding hydrogens is 395 g/mol. The van der Waals surface area contributed by atoms with E-state index < -0.39 is 11.7 Å². The van der Waals surface area contributed by atoms with Gasteiger partial charge in [0.05, 0.1) is 12.2 Å². The summed E-state index contributed by atoms with van der Waals surface area (Å²) in [6, 6.07) is 10.4. The maximum atomic E-state index is 12.7. The van der Waals surface area contributed by atoms with Gasteiger partial charge < -0.3 is 14.3 Å². The van der Waals surface area contributed by atoms with E-state index in [-0.39, 0.29) is 19.1 Å². The van der Waals surface area contributed by atoms with Crippen LogP contribution in [-0.4, -0.2) is 16.7 Å². The van der Waals surface area contributed by atoms with Gasteiger partial charge in [-0.25, -0.2) is 4.98 Å². The van der Waals surface area contributed by atoms with Crippen molar-refractivity contribution >= 4 is 5.57 Å². The Hall–Kier alpha value is -3.06. The second-order valence-electron chi connectivity index (χ2n) is 7.11. The van der Waals surface area contributed by atoms with E-state index in [4.69, 9.17) is 9.15 Å². The number of hydrogen-bond acceptors (Lipinski definition) is 4. The van der Waals surface area contributed by atoms with Gasteiger partial charge in [-0.2, -0.15) is 13.2 Å². The number of benzene rings is 2.